The Hall–Kier alpha value is -3.04. The quantitative estimate of drug-likeness (QED) is 0.544. The number of hydrogen-bond acceptors (Lipinski definition) is 5. The molecule has 0 bridgehead atoms. The van der Waals surface area contributed by atoms with Crippen molar-refractivity contribution in [3.8, 4) is 11.5 Å². The summed E-state index contributed by atoms with van der Waals surface area (Å²) in [4.78, 5) is 13.2. The van der Waals surface area contributed by atoms with Crippen molar-refractivity contribution in [3.05, 3.63) is 54.2 Å². The molecule has 9 heteroatoms. The van der Waals surface area contributed by atoms with Gasteiger partial charge in [-0.15, -0.1) is 0 Å². The highest BCUT2D eigenvalue weighted by atomic mass is 32.2. The molecule has 1 amide bonds. The molecule has 3 aromatic rings. The Labute approximate surface area is 194 Å². The van der Waals surface area contributed by atoms with E-state index in [9.17, 15) is 13.2 Å². The minimum atomic E-state index is -3.49. The van der Waals surface area contributed by atoms with Gasteiger partial charge in [-0.3, -0.25) is 4.79 Å². The van der Waals surface area contributed by atoms with E-state index in [0.717, 1.165) is 29.3 Å². The third-order valence-electron chi connectivity index (χ3n) is 6.13. The van der Waals surface area contributed by atoms with Crippen LogP contribution in [-0.2, 0) is 21.4 Å². The van der Waals surface area contributed by atoms with E-state index in [1.54, 1.807) is 38.5 Å². The molecule has 4 rings (SSSR count). The molecule has 2 aromatic carbocycles. The van der Waals surface area contributed by atoms with E-state index in [2.05, 4.69) is 5.32 Å². The highest BCUT2D eigenvalue weighted by molar-refractivity contribution is 7.89. The molecule has 1 fully saturated rings. The minimum Gasteiger partial charge on any atom is -0.493 e. The number of nitrogens with zero attached hydrogens (tertiary/aromatic N) is 2. The summed E-state index contributed by atoms with van der Waals surface area (Å²) in [5, 5.41) is 3.73. The lowest BCUT2D eigenvalue weighted by Gasteiger charge is -2.18. The van der Waals surface area contributed by atoms with E-state index < -0.39 is 16.1 Å². The molecule has 2 heterocycles. The van der Waals surface area contributed by atoms with Crippen LogP contribution in [0.4, 0.5) is 0 Å². The molecule has 1 atom stereocenters. The van der Waals surface area contributed by atoms with Crippen LogP contribution in [0.25, 0.3) is 10.9 Å². The number of nitrogens with one attached hydrogen (secondary N) is 1. The summed E-state index contributed by atoms with van der Waals surface area (Å²) < 4.78 is 39.9. The zero-order valence-electron chi connectivity index (χ0n) is 19.1. The van der Waals surface area contributed by atoms with E-state index in [4.69, 9.17) is 9.47 Å². The Morgan fingerprint density at radius 3 is 2.55 bits per heavy atom. The van der Waals surface area contributed by atoms with Crippen molar-refractivity contribution in [2.45, 2.75) is 37.2 Å². The van der Waals surface area contributed by atoms with Gasteiger partial charge in [0.25, 0.3) is 0 Å². The van der Waals surface area contributed by atoms with E-state index in [1.165, 1.54) is 4.31 Å². The third kappa shape index (κ3) is 4.43. The molecular weight excluding hydrogens is 442 g/mol. The first-order chi connectivity index (χ1) is 15.9. The maximum Gasteiger partial charge on any atom is 0.243 e. The zero-order valence-corrected chi connectivity index (χ0v) is 19.9. The predicted molar refractivity (Wildman–Crippen MR) is 126 cm³/mol. The highest BCUT2D eigenvalue weighted by Gasteiger charge is 2.27. The number of carbonyl (C=O) groups excluding carboxylic acids is 1. The first kappa shape index (κ1) is 23.1. The van der Waals surface area contributed by atoms with Gasteiger partial charge in [0.1, 0.15) is 6.04 Å². The van der Waals surface area contributed by atoms with Crippen LogP contribution >= 0.6 is 0 Å². The SMILES string of the molecule is COc1cccc(CNC(=O)[C@H](C)n2ccc3cc(S(=O)(=O)N4CCCC4)ccc32)c1OC. The molecule has 33 heavy (non-hydrogen) atoms. The largest absolute Gasteiger partial charge is 0.493 e. The molecule has 1 aliphatic heterocycles. The van der Waals surface area contributed by atoms with Crippen LogP contribution in [0.15, 0.2) is 53.6 Å². The van der Waals surface area contributed by atoms with Crippen LogP contribution in [0, 0.1) is 0 Å². The lowest BCUT2D eigenvalue weighted by Crippen LogP contribution is -2.30. The summed E-state index contributed by atoms with van der Waals surface area (Å²) in [5.41, 5.74) is 1.61. The summed E-state index contributed by atoms with van der Waals surface area (Å²) in [5.74, 6) is 1.03. The predicted octanol–water partition coefficient (Wildman–Crippen LogP) is 3.32. The number of methoxy groups -OCH3 is 2. The molecule has 0 unspecified atom stereocenters. The van der Waals surface area contributed by atoms with Crippen LogP contribution in [0.3, 0.4) is 0 Å². The Balaban J connectivity index is 1.51. The molecule has 0 saturated carbocycles. The summed E-state index contributed by atoms with van der Waals surface area (Å²) in [6, 6.07) is 12.0. The van der Waals surface area contributed by atoms with Crippen molar-refractivity contribution in [3.63, 3.8) is 0 Å². The number of amides is 1. The van der Waals surface area contributed by atoms with Crippen molar-refractivity contribution < 1.29 is 22.7 Å². The molecule has 1 saturated heterocycles. The van der Waals surface area contributed by atoms with Crippen molar-refractivity contribution in [2.75, 3.05) is 27.3 Å². The highest BCUT2D eigenvalue weighted by Crippen LogP contribution is 2.31. The monoisotopic (exact) mass is 471 g/mol. The van der Waals surface area contributed by atoms with Gasteiger partial charge in [-0.1, -0.05) is 12.1 Å². The van der Waals surface area contributed by atoms with Gasteiger partial charge in [-0.2, -0.15) is 4.31 Å². The van der Waals surface area contributed by atoms with E-state index in [0.29, 0.717) is 31.1 Å². The van der Waals surface area contributed by atoms with Gasteiger partial charge in [-0.05, 0) is 50.1 Å². The fraction of sp³-hybridized carbons (Fsp3) is 0.375. The van der Waals surface area contributed by atoms with Crippen molar-refractivity contribution >= 4 is 26.8 Å². The maximum atomic E-state index is 12.9. The number of hydrogen-bond donors (Lipinski definition) is 1. The number of benzene rings is 2. The fourth-order valence-electron chi connectivity index (χ4n) is 4.27. The number of rotatable bonds is 8. The summed E-state index contributed by atoms with van der Waals surface area (Å²) in [7, 11) is -0.350. The first-order valence-corrected chi connectivity index (χ1v) is 12.4. The second-order valence-corrected chi connectivity index (χ2v) is 10.0. The maximum absolute atomic E-state index is 12.9. The molecule has 0 spiro atoms. The second kappa shape index (κ2) is 9.44. The molecule has 0 radical (unpaired) electrons. The van der Waals surface area contributed by atoms with Gasteiger partial charge in [0, 0.05) is 42.3 Å². The summed E-state index contributed by atoms with van der Waals surface area (Å²) in [6.45, 7) is 3.24. The third-order valence-corrected chi connectivity index (χ3v) is 8.02. The Morgan fingerprint density at radius 2 is 1.85 bits per heavy atom. The lowest BCUT2D eigenvalue weighted by molar-refractivity contribution is -0.123. The summed E-state index contributed by atoms with van der Waals surface area (Å²) >= 11 is 0. The van der Waals surface area contributed by atoms with Gasteiger partial charge >= 0.3 is 0 Å². The first-order valence-electron chi connectivity index (χ1n) is 10.9. The Kier molecular flexibility index (Phi) is 6.62. The summed E-state index contributed by atoms with van der Waals surface area (Å²) in [6.07, 6.45) is 3.60. The number of fused-ring (bicyclic) bond motifs is 1. The van der Waals surface area contributed by atoms with Crippen LogP contribution < -0.4 is 14.8 Å². The fourth-order valence-corrected chi connectivity index (χ4v) is 5.82. The molecule has 1 N–H and O–H groups in total. The van der Waals surface area contributed by atoms with Gasteiger partial charge < -0.3 is 19.4 Å². The Bertz CT molecular complexity index is 1260. The topological polar surface area (TPSA) is 89.9 Å². The number of sulfonamides is 1. The van der Waals surface area contributed by atoms with Crippen LogP contribution in [-0.4, -0.2) is 50.5 Å². The molecule has 1 aliphatic rings. The van der Waals surface area contributed by atoms with Gasteiger partial charge in [0.05, 0.1) is 19.1 Å². The van der Waals surface area contributed by atoms with E-state index >= 15 is 0 Å². The van der Waals surface area contributed by atoms with Crippen molar-refractivity contribution in [2.24, 2.45) is 0 Å². The van der Waals surface area contributed by atoms with E-state index in [-0.39, 0.29) is 10.8 Å². The van der Waals surface area contributed by atoms with Crippen LogP contribution in [0.2, 0.25) is 0 Å². The number of aromatic nitrogens is 1. The lowest BCUT2D eigenvalue weighted by atomic mass is 10.1. The van der Waals surface area contributed by atoms with Crippen LogP contribution in [0.5, 0.6) is 11.5 Å². The molecule has 1 aromatic heterocycles. The molecule has 8 nitrogen and oxygen atoms in total. The van der Waals surface area contributed by atoms with Crippen molar-refractivity contribution in [1.82, 2.24) is 14.2 Å². The normalized spacial score (nSPS) is 15.5. The van der Waals surface area contributed by atoms with Crippen LogP contribution in [0.1, 0.15) is 31.4 Å². The standard InChI is InChI=1S/C24H29N3O5S/c1-17(24(28)25-16-19-7-6-8-22(31-2)23(19)32-3)27-14-11-18-15-20(9-10-21(18)27)33(29,30)26-12-4-5-13-26/h6-11,14-15,17H,4-5,12-13,16H2,1-3H3,(H,25,28)/t17-/m0/s1. The number of carbonyl (C=O) groups is 1. The van der Waals surface area contributed by atoms with Crippen molar-refractivity contribution in [1.29, 1.82) is 0 Å². The average Bonchev–Trinajstić information content (AvgIpc) is 3.52. The molecular formula is C24H29N3O5S. The zero-order chi connectivity index (χ0) is 23.6. The number of para-hydroxylation sites is 1. The van der Waals surface area contributed by atoms with E-state index in [1.807, 2.05) is 35.9 Å². The molecule has 176 valence electrons. The average molecular weight is 472 g/mol. The smallest absolute Gasteiger partial charge is 0.243 e. The second-order valence-electron chi connectivity index (χ2n) is 8.10. The minimum absolute atomic E-state index is 0.161. The number of ether oxygens (including phenoxy) is 2. The Morgan fingerprint density at radius 1 is 1.09 bits per heavy atom. The molecule has 0 aliphatic carbocycles. The van der Waals surface area contributed by atoms with Gasteiger partial charge in [0.15, 0.2) is 11.5 Å². The van der Waals surface area contributed by atoms with Gasteiger partial charge in [0.2, 0.25) is 15.9 Å². The van der Waals surface area contributed by atoms with Gasteiger partial charge in [-0.25, -0.2) is 8.42 Å².